The van der Waals surface area contributed by atoms with Crippen molar-refractivity contribution in [1.82, 2.24) is 9.80 Å². The second kappa shape index (κ2) is 10.1. The first-order chi connectivity index (χ1) is 15.4. The molecule has 1 heterocycles. The quantitative estimate of drug-likeness (QED) is 0.683. The third-order valence-corrected chi connectivity index (χ3v) is 6.97. The molecule has 0 radical (unpaired) electrons. The van der Waals surface area contributed by atoms with E-state index < -0.39 is 0 Å². The van der Waals surface area contributed by atoms with Crippen LogP contribution >= 0.6 is 0 Å². The molecule has 0 aromatic heterocycles. The highest BCUT2D eigenvalue weighted by Crippen LogP contribution is 2.41. The molecule has 32 heavy (non-hydrogen) atoms. The number of ether oxygens (including phenoxy) is 1. The molecule has 5 nitrogen and oxygen atoms in total. The van der Waals surface area contributed by atoms with Gasteiger partial charge in [0.2, 0.25) is 5.91 Å². The topological polar surface area (TPSA) is 44.8 Å². The lowest BCUT2D eigenvalue weighted by atomic mass is 9.80. The summed E-state index contributed by atoms with van der Waals surface area (Å²) in [5.41, 5.74) is 3.45. The molecule has 1 saturated heterocycles. The normalized spacial score (nSPS) is 21.4. The van der Waals surface area contributed by atoms with Crippen molar-refractivity contribution in [2.75, 3.05) is 51.7 Å². The molecule has 0 bridgehead atoms. The molecule has 2 aliphatic rings. The maximum absolute atomic E-state index is 13.3. The molecular weight excluding hydrogens is 398 g/mol. The number of nitrogens with zero attached hydrogens (tertiary/aromatic N) is 2. The van der Waals surface area contributed by atoms with Crippen molar-refractivity contribution in [3.8, 4) is 5.75 Å². The van der Waals surface area contributed by atoms with Crippen molar-refractivity contribution in [1.29, 1.82) is 0 Å². The molecule has 5 heteroatoms. The van der Waals surface area contributed by atoms with E-state index in [1.807, 2.05) is 30.3 Å². The highest BCUT2D eigenvalue weighted by molar-refractivity contribution is 5.96. The van der Waals surface area contributed by atoms with Crippen LogP contribution in [0, 0.1) is 5.41 Å². The second-order valence-corrected chi connectivity index (χ2v) is 10.1. The highest BCUT2D eigenvalue weighted by Gasteiger charge is 2.33. The van der Waals surface area contributed by atoms with E-state index in [4.69, 9.17) is 4.74 Å². The molecule has 0 spiro atoms. The zero-order valence-corrected chi connectivity index (χ0v) is 19.8. The first-order valence-corrected chi connectivity index (χ1v) is 11.9. The van der Waals surface area contributed by atoms with E-state index in [0.717, 1.165) is 63.4 Å². The fourth-order valence-corrected chi connectivity index (χ4v) is 4.80. The first-order valence-electron chi connectivity index (χ1n) is 11.9. The summed E-state index contributed by atoms with van der Waals surface area (Å²) < 4.78 is 5.93. The van der Waals surface area contributed by atoms with Gasteiger partial charge >= 0.3 is 0 Å². The molecule has 1 amide bonds. The lowest BCUT2D eigenvalue weighted by molar-refractivity contribution is -0.118. The van der Waals surface area contributed by atoms with E-state index in [9.17, 15) is 4.79 Å². The van der Waals surface area contributed by atoms with Gasteiger partial charge in [0.1, 0.15) is 12.4 Å². The van der Waals surface area contributed by atoms with Gasteiger partial charge in [-0.15, -0.1) is 0 Å². The van der Waals surface area contributed by atoms with Gasteiger partial charge < -0.3 is 15.0 Å². The molecule has 1 fully saturated rings. The van der Waals surface area contributed by atoms with Gasteiger partial charge in [0.25, 0.3) is 0 Å². The second-order valence-electron chi connectivity index (χ2n) is 10.1. The number of benzene rings is 2. The Morgan fingerprint density at radius 1 is 1.06 bits per heavy atom. The fraction of sp³-hybridized carbons (Fsp3) is 0.519. The van der Waals surface area contributed by atoms with Gasteiger partial charge in [-0.25, -0.2) is 0 Å². The summed E-state index contributed by atoms with van der Waals surface area (Å²) in [6.07, 6.45) is 3.00. The Kier molecular flexibility index (Phi) is 7.17. The number of hydrogen-bond donors (Lipinski definition) is 1. The number of amides is 1. The van der Waals surface area contributed by atoms with Gasteiger partial charge in [0.05, 0.1) is 5.92 Å². The monoisotopic (exact) mass is 435 g/mol. The average molecular weight is 436 g/mol. The fourth-order valence-electron chi connectivity index (χ4n) is 4.80. The van der Waals surface area contributed by atoms with Crippen LogP contribution in [0.5, 0.6) is 5.75 Å². The van der Waals surface area contributed by atoms with Gasteiger partial charge in [-0.1, -0.05) is 38.1 Å². The van der Waals surface area contributed by atoms with Crippen molar-refractivity contribution in [2.45, 2.75) is 39.0 Å². The molecule has 1 N–H and O–H groups in total. The minimum absolute atomic E-state index is 0.0798. The summed E-state index contributed by atoms with van der Waals surface area (Å²) in [6, 6.07) is 16.2. The Labute approximate surface area is 192 Å². The van der Waals surface area contributed by atoms with Crippen LogP contribution in [0.2, 0.25) is 0 Å². The number of aryl methyl sites for hydroxylation is 1. The summed E-state index contributed by atoms with van der Waals surface area (Å²) in [4.78, 5) is 18.1. The smallest absolute Gasteiger partial charge is 0.231 e. The lowest BCUT2D eigenvalue weighted by Gasteiger charge is -2.32. The predicted octanol–water partition coefficient (Wildman–Crippen LogP) is 4.40. The van der Waals surface area contributed by atoms with Gasteiger partial charge in [-0.3, -0.25) is 9.69 Å². The summed E-state index contributed by atoms with van der Waals surface area (Å²) in [7, 11) is 2.17. The first kappa shape index (κ1) is 22.8. The van der Waals surface area contributed by atoms with E-state index in [1.54, 1.807) is 0 Å². The van der Waals surface area contributed by atoms with Crippen LogP contribution in [-0.2, 0) is 11.2 Å². The molecule has 4 rings (SSSR count). The van der Waals surface area contributed by atoms with Crippen LogP contribution in [0.25, 0.3) is 0 Å². The van der Waals surface area contributed by atoms with Gasteiger partial charge in [-0.05, 0) is 67.1 Å². The zero-order valence-electron chi connectivity index (χ0n) is 19.8. The van der Waals surface area contributed by atoms with E-state index in [1.165, 1.54) is 11.1 Å². The minimum atomic E-state index is -0.122. The predicted molar refractivity (Wildman–Crippen MR) is 130 cm³/mol. The van der Waals surface area contributed by atoms with E-state index >= 15 is 0 Å². The summed E-state index contributed by atoms with van der Waals surface area (Å²) in [5, 5.41) is 3.15. The van der Waals surface area contributed by atoms with Crippen LogP contribution in [0.1, 0.15) is 43.7 Å². The largest absolute Gasteiger partial charge is 0.492 e. The number of carbonyl (C=O) groups excluding carboxylic acids is 1. The molecule has 1 aliphatic carbocycles. The minimum Gasteiger partial charge on any atom is -0.492 e. The number of fused-ring (bicyclic) bond motifs is 1. The number of piperazine rings is 1. The average Bonchev–Trinajstić information content (AvgIpc) is 2.92. The number of nitrogens with one attached hydrogen (secondary N) is 1. The maximum atomic E-state index is 13.3. The van der Waals surface area contributed by atoms with Gasteiger partial charge in [0, 0.05) is 38.4 Å². The van der Waals surface area contributed by atoms with Crippen LogP contribution < -0.4 is 10.1 Å². The Morgan fingerprint density at radius 2 is 1.78 bits per heavy atom. The summed E-state index contributed by atoms with van der Waals surface area (Å²) >= 11 is 0. The van der Waals surface area contributed by atoms with Crippen molar-refractivity contribution >= 4 is 11.6 Å². The summed E-state index contributed by atoms with van der Waals surface area (Å²) in [5.74, 6) is 0.803. The molecule has 2 aromatic carbocycles. The number of likely N-dealkylation sites (N-methyl/N-ethyl adjacent to an activating group) is 1. The zero-order chi connectivity index (χ0) is 22.6. The molecule has 172 valence electrons. The third kappa shape index (κ3) is 5.90. The maximum Gasteiger partial charge on any atom is 0.231 e. The van der Waals surface area contributed by atoms with Crippen molar-refractivity contribution in [3.05, 3.63) is 59.7 Å². The Morgan fingerprint density at radius 3 is 2.53 bits per heavy atom. The molecule has 1 aliphatic heterocycles. The standard InChI is InChI=1S/C27H37N3O2/c1-27(2)13-12-21-6-4-5-7-24(21)25(20-27)26(31)28-22-8-10-23(11-9-22)32-19-18-30-16-14-29(3)15-17-30/h4-11,25H,12-20H2,1-3H3,(H,28,31). The SMILES string of the molecule is CN1CCN(CCOc2ccc(NC(=O)C3CC(C)(C)CCc4ccccc43)cc2)CC1. The van der Waals surface area contributed by atoms with Gasteiger partial charge in [0.15, 0.2) is 0 Å². The van der Waals surface area contributed by atoms with E-state index in [0.29, 0.717) is 6.61 Å². The lowest BCUT2D eigenvalue weighted by Crippen LogP contribution is -2.45. The molecule has 1 atom stereocenters. The Bertz CT molecular complexity index is 901. The number of hydrogen-bond acceptors (Lipinski definition) is 4. The Balaban J connectivity index is 1.33. The highest BCUT2D eigenvalue weighted by atomic mass is 16.5. The Hall–Kier alpha value is -2.37. The third-order valence-electron chi connectivity index (χ3n) is 6.97. The molecular formula is C27H37N3O2. The summed E-state index contributed by atoms with van der Waals surface area (Å²) in [6.45, 7) is 10.6. The van der Waals surface area contributed by atoms with Crippen molar-refractivity contribution in [2.24, 2.45) is 5.41 Å². The molecule has 2 aromatic rings. The number of rotatable bonds is 6. The molecule has 0 saturated carbocycles. The van der Waals surface area contributed by atoms with Crippen LogP contribution in [0.15, 0.2) is 48.5 Å². The van der Waals surface area contributed by atoms with Crippen LogP contribution in [0.3, 0.4) is 0 Å². The van der Waals surface area contributed by atoms with Crippen molar-refractivity contribution in [3.63, 3.8) is 0 Å². The number of anilines is 1. The van der Waals surface area contributed by atoms with Crippen molar-refractivity contribution < 1.29 is 9.53 Å². The van der Waals surface area contributed by atoms with Crippen LogP contribution in [-0.4, -0.2) is 62.1 Å². The van der Waals surface area contributed by atoms with E-state index in [-0.39, 0.29) is 17.2 Å². The molecule has 1 unspecified atom stereocenters. The van der Waals surface area contributed by atoms with Gasteiger partial charge in [-0.2, -0.15) is 0 Å². The van der Waals surface area contributed by atoms with E-state index in [2.05, 4.69) is 54.2 Å². The number of carbonyl (C=O) groups is 1. The van der Waals surface area contributed by atoms with Crippen LogP contribution in [0.4, 0.5) is 5.69 Å².